The number of benzene rings is 2. The maximum atomic E-state index is 4.63. The van der Waals surface area contributed by atoms with Gasteiger partial charge in [-0.05, 0) is 87.5 Å². The fourth-order valence-electron chi connectivity index (χ4n) is 4.31. The van der Waals surface area contributed by atoms with Crippen molar-refractivity contribution in [1.29, 1.82) is 0 Å². The van der Waals surface area contributed by atoms with Gasteiger partial charge in [0.25, 0.3) is 0 Å². The van der Waals surface area contributed by atoms with Gasteiger partial charge in [0.2, 0.25) is 0 Å². The van der Waals surface area contributed by atoms with Crippen molar-refractivity contribution in [3.8, 4) is 55.9 Å². The van der Waals surface area contributed by atoms with Crippen LogP contribution in [0, 0.1) is 0 Å². The molecule has 0 fully saturated rings. The van der Waals surface area contributed by atoms with Crippen molar-refractivity contribution in [3.05, 3.63) is 134 Å². The third-order valence-electron chi connectivity index (χ3n) is 6.20. The molecule has 0 atom stereocenters. The Balaban J connectivity index is 1.30. The molecule has 0 saturated carbocycles. The van der Waals surface area contributed by atoms with Crippen LogP contribution in [0.1, 0.15) is 0 Å². The molecule has 0 aliphatic rings. The molecule has 170 valence electrons. The summed E-state index contributed by atoms with van der Waals surface area (Å²) >= 11 is 0. The summed E-state index contributed by atoms with van der Waals surface area (Å²) in [5.41, 5.74) is 10.7. The Kier molecular flexibility index (Phi) is 5.83. The molecule has 4 nitrogen and oxygen atoms in total. The van der Waals surface area contributed by atoms with Crippen molar-refractivity contribution in [1.82, 2.24) is 19.9 Å². The first-order valence-corrected chi connectivity index (χ1v) is 11.8. The lowest BCUT2D eigenvalue weighted by Gasteiger charge is -2.09. The second-order valence-corrected chi connectivity index (χ2v) is 8.50. The summed E-state index contributed by atoms with van der Waals surface area (Å²) in [6.07, 6.45) is 11.0. The van der Waals surface area contributed by atoms with E-state index in [1.807, 2.05) is 61.3 Å². The molecule has 0 N–H and O–H groups in total. The largest absolute Gasteiger partial charge is 0.265 e. The molecule has 0 aliphatic carbocycles. The van der Waals surface area contributed by atoms with E-state index in [1.54, 1.807) is 6.20 Å². The molecular formula is C32H22N4. The van der Waals surface area contributed by atoms with Crippen LogP contribution < -0.4 is 0 Å². The van der Waals surface area contributed by atoms with Gasteiger partial charge in [0.05, 0.1) is 11.4 Å². The smallest absolute Gasteiger partial charge is 0.0892 e. The fourth-order valence-corrected chi connectivity index (χ4v) is 4.31. The van der Waals surface area contributed by atoms with E-state index >= 15 is 0 Å². The summed E-state index contributed by atoms with van der Waals surface area (Å²) in [6.45, 7) is 0. The Bertz CT molecular complexity index is 1610. The number of hydrogen-bond donors (Lipinski definition) is 0. The lowest BCUT2D eigenvalue weighted by molar-refractivity contribution is 1.25. The number of nitrogens with zero attached hydrogens (tertiary/aromatic N) is 4. The van der Waals surface area contributed by atoms with Gasteiger partial charge in [-0.15, -0.1) is 0 Å². The first kappa shape index (κ1) is 21.6. The van der Waals surface area contributed by atoms with Gasteiger partial charge in [-0.3, -0.25) is 19.9 Å². The third-order valence-corrected chi connectivity index (χ3v) is 6.20. The number of rotatable bonds is 5. The van der Waals surface area contributed by atoms with Crippen LogP contribution in [-0.2, 0) is 0 Å². The summed E-state index contributed by atoms with van der Waals surface area (Å²) in [7, 11) is 0. The molecule has 4 aromatic heterocycles. The summed E-state index contributed by atoms with van der Waals surface area (Å²) in [6, 6.07) is 33.4. The summed E-state index contributed by atoms with van der Waals surface area (Å²) < 4.78 is 0. The minimum absolute atomic E-state index is 0.842. The Labute approximate surface area is 210 Å². The Morgan fingerprint density at radius 1 is 0.333 bits per heavy atom. The zero-order valence-corrected chi connectivity index (χ0v) is 19.5. The van der Waals surface area contributed by atoms with E-state index in [9.17, 15) is 0 Å². The molecule has 2 aromatic carbocycles. The van der Waals surface area contributed by atoms with E-state index < -0.39 is 0 Å². The van der Waals surface area contributed by atoms with Gasteiger partial charge in [-0.1, -0.05) is 48.5 Å². The summed E-state index contributed by atoms with van der Waals surface area (Å²) in [4.78, 5) is 17.6. The second kappa shape index (κ2) is 9.72. The van der Waals surface area contributed by atoms with Crippen LogP contribution in [0.3, 0.4) is 0 Å². The molecule has 0 saturated heterocycles. The standard InChI is InChI=1S/C32H22N4/c1-3-26(19-27(4-1)30-5-2-14-34-22-30)29-13-18-36-32(21-29)31-20-28(12-17-35-31)24-8-6-23(7-9-24)25-10-15-33-16-11-25/h1-22H. The first-order valence-electron chi connectivity index (χ1n) is 11.8. The van der Waals surface area contributed by atoms with Crippen LogP contribution in [0.25, 0.3) is 55.9 Å². The predicted octanol–water partition coefficient (Wildman–Crippen LogP) is 7.60. The highest BCUT2D eigenvalue weighted by molar-refractivity contribution is 5.76. The highest BCUT2D eigenvalue weighted by atomic mass is 14.8. The van der Waals surface area contributed by atoms with Crippen molar-refractivity contribution < 1.29 is 0 Å². The average Bonchev–Trinajstić information content (AvgIpc) is 2.98. The van der Waals surface area contributed by atoms with Gasteiger partial charge in [0, 0.05) is 42.7 Å². The lowest BCUT2D eigenvalue weighted by atomic mass is 9.99. The molecule has 4 heteroatoms. The number of pyridine rings is 4. The first-order chi connectivity index (χ1) is 17.8. The van der Waals surface area contributed by atoms with Crippen LogP contribution in [0.4, 0.5) is 0 Å². The van der Waals surface area contributed by atoms with Crippen LogP contribution >= 0.6 is 0 Å². The molecule has 6 rings (SSSR count). The molecule has 0 bridgehead atoms. The minimum Gasteiger partial charge on any atom is -0.265 e. The predicted molar refractivity (Wildman–Crippen MR) is 145 cm³/mol. The van der Waals surface area contributed by atoms with Crippen LogP contribution in [0.15, 0.2) is 134 Å². The normalized spacial score (nSPS) is 10.8. The van der Waals surface area contributed by atoms with E-state index in [1.165, 1.54) is 5.56 Å². The van der Waals surface area contributed by atoms with E-state index in [0.29, 0.717) is 0 Å². The highest BCUT2D eigenvalue weighted by Gasteiger charge is 2.08. The van der Waals surface area contributed by atoms with Gasteiger partial charge in [0.1, 0.15) is 0 Å². The average molecular weight is 463 g/mol. The summed E-state index contributed by atoms with van der Waals surface area (Å²) in [5.74, 6) is 0. The van der Waals surface area contributed by atoms with Gasteiger partial charge in [-0.25, -0.2) is 0 Å². The van der Waals surface area contributed by atoms with Gasteiger partial charge < -0.3 is 0 Å². The molecule has 0 aliphatic heterocycles. The highest BCUT2D eigenvalue weighted by Crippen LogP contribution is 2.30. The summed E-state index contributed by atoms with van der Waals surface area (Å²) in [5, 5.41) is 0. The maximum absolute atomic E-state index is 4.63. The molecule has 36 heavy (non-hydrogen) atoms. The fraction of sp³-hybridized carbons (Fsp3) is 0. The maximum Gasteiger partial charge on any atom is 0.0892 e. The Morgan fingerprint density at radius 2 is 0.833 bits per heavy atom. The van der Waals surface area contributed by atoms with Crippen molar-refractivity contribution in [2.75, 3.05) is 0 Å². The zero-order chi connectivity index (χ0) is 24.2. The molecule has 0 amide bonds. The molecular weight excluding hydrogens is 440 g/mol. The SMILES string of the molecule is c1cncc(-c2cccc(-c3ccnc(-c4cc(-c5ccc(-c6ccncc6)cc5)ccn4)c3)c2)c1. The zero-order valence-electron chi connectivity index (χ0n) is 19.5. The van der Waals surface area contributed by atoms with Crippen molar-refractivity contribution in [2.24, 2.45) is 0 Å². The van der Waals surface area contributed by atoms with E-state index in [0.717, 1.165) is 50.3 Å². The molecule has 0 unspecified atom stereocenters. The number of aromatic nitrogens is 4. The topological polar surface area (TPSA) is 51.6 Å². The van der Waals surface area contributed by atoms with Crippen LogP contribution in [0.2, 0.25) is 0 Å². The molecule has 0 radical (unpaired) electrons. The van der Waals surface area contributed by atoms with E-state index in [-0.39, 0.29) is 0 Å². The van der Waals surface area contributed by atoms with Gasteiger partial charge in [-0.2, -0.15) is 0 Å². The van der Waals surface area contributed by atoms with Crippen molar-refractivity contribution in [3.63, 3.8) is 0 Å². The second-order valence-electron chi connectivity index (χ2n) is 8.50. The minimum atomic E-state index is 0.842. The molecule has 6 aromatic rings. The molecule has 4 heterocycles. The lowest BCUT2D eigenvalue weighted by Crippen LogP contribution is -1.90. The third kappa shape index (κ3) is 4.52. The van der Waals surface area contributed by atoms with Crippen molar-refractivity contribution in [2.45, 2.75) is 0 Å². The Morgan fingerprint density at radius 3 is 1.47 bits per heavy atom. The van der Waals surface area contributed by atoms with Gasteiger partial charge >= 0.3 is 0 Å². The monoisotopic (exact) mass is 462 g/mol. The Hall–Kier alpha value is -4.96. The molecule has 0 spiro atoms. The van der Waals surface area contributed by atoms with Crippen molar-refractivity contribution >= 4 is 0 Å². The van der Waals surface area contributed by atoms with Crippen LogP contribution in [-0.4, -0.2) is 19.9 Å². The quantitative estimate of drug-likeness (QED) is 0.265. The van der Waals surface area contributed by atoms with E-state index in [2.05, 4.69) is 86.7 Å². The van der Waals surface area contributed by atoms with Gasteiger partial charge in [0.15, 0.2) is 0 Å². The van der Waals surface area contributed by atoms with E-state index in [4.69, 9.17) is 0 Å². The number of hydrogen-bond acceptors (Lipinski definition) is 4. The van der Waals surface area contributed by atoms with Crippen LogP contribution in [0.5, 0.6) is 0 Å².